The molecule has 1 heterocycles. The highest BCUT2D eigenvalue weighted by Gasteiger charge is 2.17. The van der Waals surface area contributed by atoms with E-state index in [9.17, 15) is 0 Å². The molecule has 2 rings (SSSR count). The van der Waals surface area contributed by atoms with Crippen molar-refractivity contribution in [2.75, 3.05) is 26.2 Å². The van der Waals surface area contributed by atoms with Gasteiger partial charge in [-0.05, 0) is 64.2 Å². The third-order valence-electron chi connectivity index (χ3n) is 4.07. The Bertz CT molecular complexity index is 169. The van der Waals surface area contributed by atoms with E-state index in [1.54, 1.807) is 0 Å². The summed E-state index contributed by atoms with van der Waals surface area (Å²) in [5.74, 6) is 0.967. The van der Waals surface area contributed by atoms with Gasteiger partial charge in [0.15, 0.2) is 0 Å². The van der Waals surface area contributed by atoms with Crippen LogP contribution in [0.25, 0.3) is 0 Å². The maximum Gasteiger partial charge on any atom is 0.00670 e. The van der Waals surface area contributed by atoms with Gasteiger partial charge in [-0.1, -0.05) is 13.3 Å². The molecule has 88 valence electrons. The quantitative estimate of drug-likeness (QED) is 0.700. The van der Waals surface area contributed by atoms with E-state index in [2.05, 4.69) is 17.1 Å². The van der Waals surface area contributed by atoms with Gasteiger partial charge in [0.25, 0.3) is 0 Å². The Morgan fingerprint density at radius 1 is 1.13 bits per heavy atom. The van der Waals surface area contributed by atoms with Gasteiger partial charge in [-0.2, -0.15) is 0 Å². The van der Waals surface area contributed by atoms with Crippen molar-refractivity contribution < 1.29 is 0 Å². The van der Waals surface area contributed by atoms with Crippen LogP contribution in [0.3, 0.4) is 0 Å². The maximum absolute atomic E-state index is 3.64. The van der Waals surface area contributed by atoms with E-state index in [1.807, 2.05) is 0 Å². The van der Waals surface area contributed by atoms with Gasteiger partial charge in [0.2, 0.25) is 0 Å². The van der Waals surface area contributed by atoms with Crippen molar-refractivity contribution in [2.24, 2.45) is 5.92 Å². The van der Waals surface area contributed by atoms with E-state index in [0.717, 1.165) is 12.0 Å². The third kappa shape index (κ3) is 3.76. The van der Waals surface area contributed by atoms with Crippen molar-refractivity contribution in [3.8, 4) is 0 Å². The van der Waals surface area contributed by atoms with Gasteiger partial charge in [-0.3, -0.25) is 0 Å². The average molecular weight is 210 g/mol. The van der Waals surface area contributed by atoms with Crippen LogP contribution < -0.4 is 5.32 Å². The fourth-order valence-corrected chi connectivity index (χ4v) is 2.51. The second kappa shape index (κ2) is 5.86. The number of rotatable bonds is 5. The van der Waals surface area contributed by atoms with Crippen molar-refractivity contribution in [1.29, 1.82) is 0 Å². The molecule has 0 unspecified atom stereocenters. The zero-order valence-electron chi connectivity index (χ0n) is 10.2. The standard InChI is InChI=1S/C13H26N2/c1-12-6-10-15(11-7-12)9-3-8-14-13-4-2-5-13/h12-14H,2-11H2,1H3. The molecule has 2 aliphatic rings. The summed E-state index contributed by atoms with van der Waals surface area (Å²) < 4.78 is 0. The fourth-order valence-electron chi connectivity index (χ4n) is 2.51. The summed E-state index contributed by atoms with van der Waals surface area (Å²) >= 11 is 0. The lowest BCUT2D eigenvalue weighted by Crippen LogP contribution is -2.38. The molecule has 1 aliphatic carbocycles. The molecule has 1 saturated carbocycles. The summed E-state index contributed by atoms with van der Waals surface area (Å²) in [5.41, 5.74) is 0. The topological polar surface area (TPSA) is 15.3 Å². The van der Waals surface area contributed by atoms with Crippen molar-refractivity contribution in [1.82, 2.24) is 10.2 Å². The molecule has 0 aromatic carbocycles. The van der Waals surface area contributed by atoms with Crippen LogP contribution in [0.5, 0.6) is 0 Å². The van der Waals surface area contributed by atoms with Crippen LogP contribution in [0, 0.1) is 5.92 Å². The predicted molar refractivity (Wildman–Crippen MR) is 65.1 cm³/mol. The molecule has 0 aromatic rings. The normalized spacial score (nSPS) is 25.4. The first-order chi connectivity index (χ1) is 7.34. The molecule has 2 fully saturated rings. The number of hydrogen-bond donors (Lipinski definition) is 1. The molecule has 0 bridgehead atoms. The van der Waals surface area contributed by atoms with E-state index < -0.39 is 0 Å². The van der Waals surface area contributed by atoms with Crippen LogP contribution in [0.15, 0.2) is 0 Å². The molecule has 2 nitrogen and oxygen atoms in total. The van der Waals surface area contributed by atoms with Crippen molar-refractivity contribution in [2.45, 2.75) is 51.5 Å². The van der Waals surface area contributed by atoms with Gasteiger partial charge >= 0.3 is 0 Å². The molecule has 0 atom stereocenters. The van der Waals surface area contributed by atoms with Gasteiger partial charge in [0.1, 0.15) is 0 Å². The highest BCUT2D eigenvalue weighted by atomic mass is 15.1. The fraction of sp³-hybridized carbons (Fsp3) is 1.00. The van der Waals surface area contributed by atoms with Crippen LogP contribution >= 0.6 is 0 Å². The molecular weight excluding hydrogens is 184 g/mol. The lowest BCUT2D eigenvalue weighted by atomic mass is 9.93. The van der Waals surface area contributed by atoms with Gasteiger partial charge in [0.05, 0.1) is 0 Å². The molecule has 0 spiro atoms. The number of hydrogen-bond acceptors (Lipinski definition) is 2. The summed E-state index contributed by atoms with van der Waals surface area (Å²) in [4.78, 5) is 2.64. The lowest BCUT2D eigenvalue weighted by Gasteiger charge is -2.31. The first-order valence-corrected chi connectivity index (χ1v) is 6.80. The van der Waals surface area contributed by atoms with Crippen LogP contribution in [0.1, 0.15) is 45.4 Å². The number of nitrogens with one attached hydrogen (secondary N) is 1. The molecule has 15 heavy (non-hydrogen) atoms. The van der Waals surface area contributed by atoms with E-state index in [0.29, 0.717) is 0 Å². The molecule has 0 radical (unpaired) electrons. The molecule has 1 aliphatic heterocycles. The summed E-state index contributed by atoms with van der Waals surface area (Å²) in [7, 11) is 0. The summed E-state index contributed by atoms with van der Waals surface area (Å²) in [5, 5.41) is 3.64. The molecule has 2 heteroatoms. The molecular formula is C13H26N2. The number of nitrogens with zero attached hydrogens (tertiary/aromatic N) is 1. The summed E-state index contributed by atoms with van der Waals surface area (Å²) in [6.07, 6.45) is 8.45. The van der Waals surface area contributed by atoms with Crippen molar-refractivity contribution in [3.63, 3.8) is 0 Å². The Kier molecular flexibility index (Phi) is 4.45. The predicted octanol–water partition coefficient (Wildman–Crippen LogP) is 2.25. The highest BCUT2D eigenvalue weighted by Crippen LogP contribution is 2.18. The van der Waals surface area contributed by atoms with Crippen LogP contribution in [-0.4, -0.2) is 37.1 Å². The Labute approximate surface area is 94.4 Å². The van der Waals surface area contributed by atoms with Gasteiger partial charge in [-0.25, -0.2) is 0 Å². The van der Waals surface area contributed by atoms with Gasteiger partial charge in [0, 0.05) is 6.04 Å². The van der Waals surface area contributed by atoms with Crippen molar-refractivity contribution in [3.05, 3.63) is 0 Å². The second-order valence-corrected chi connectivity index (χ2v) is 5.46. The Balaban J connectivity index is 1.46. The van der Waals surface area contributed by atoms with Crippen LogP contribution in [0.2, 0.25) is 0 Å². The van der Waals surface area contributed by atoms with Gasteiger partial charge in [-0.15, -0.1) is 0 Å². The smallest absolute Gasteiger partial charge is 0.00670 e. The van der Waals surface area contributed by atoms with E-state index >= 15 is 0 Å². The lowest BCUT2D eigenvalue weighted by molar-refractivity contribution is 0.188. The highest BCUT2D eigenvalue weighted by molar-refractivity contribution is 4.76. The average Bonchev–Trinajstić information content (AvgIpc) is 2.18. The van der Waals surface area contributed by atoms with Crippen LogP contribution in [0.4, 0.5) is 0 Å². The summed E-state index contributed by atoms with van der Waals surface area (Å²) in [6.45, 7) is 7.60. The van der Waals surface area contributed by atoms with Crippen molar-refractivity contribution >= 4 is 0 Å². The molecule has 0 aromatic heterocycles. The first-order valence-electron chi connectivity index (χ1n) is 6.80. The monoisotopic (exact) mass is 210 g/mol. The second-order valence-electron chi connectivity index (χ2n) is 5.46. The molecule has 0 amide bonds. The van der Waals surface area contributed by atoms with E-state index in [4.69, 9.17) is 0 Å². The minimum atomic E-state index is 0.867. The molecule has 1 N–H and O–H groups in total. The zero-order chi connectivity index (χ0) is 10.5. The zero-order valence-corrected chi connectivity index (χ0v) is 10.2. The minimum Gasteiger partial charge on any atom is -0.314 e. The third-order valence-corrected chi connectivity index (χ3v) is 4.07. The van der Waals surface area contributed by atoms with E-state index in [-0.39, 0.29) is 0 Å². The number of likely N-dealkylation sites (tertiary alicyclic amines) is 1. The minimum absolute atomic E-state index is 0.867. The van der Waals surface area contributed by atoms with Crippen LogP contribution in [-0.2, 0) is 0 Å². The Morgan fingerprint density at radius 3 is 2.47 bits per heavy atom. The molecule has 1 saturated heterocycles. The summed E-state index contributed by atoms with van der Waals surface area (Å²) in [6, 6.07) is 0.867. The van der Waals surface area contributed by atoms with E-state index in [1.165, 1.54) is 64.7 Å². The number of piperidine rings is 1. The first kappa shape index (κ1) is 11.4. The Hall–Kier alpha value is -0.0800. The largest absolute Gasteiger partial charge is 0.314 e. The SMILES string of the molecule is CC1CCN(CCCNC2CCC2)CC1. The maximum atomic E-state index is 3.64. The van der Waals surface area contributed by atoms with Gasteiger partial charge < -0.3 is 10.2 Å². The Morgan fingerprint density at radius 2 is 1.87 bits per heavy atom.